The highest BCUT2D eigenvalue weighted by Gasteiger charge is 2.23. The lowest BCUT2D eigenvalue weighted by Gasteiger charge is -2.33. The molecule has 2 rings (SSSR count). The lowest BCUT2D eigenvalue weighted by molar-refractivity contribution is -0.122. The van der Waals surface area contributed by atoms with Crippen LogP contribution in [0.4, 0.5) is 8.78 Å². The fourth-order valence-corrected chi connectivity index (χ4v) is 2.95. The Hall–Kier alpha value is -0.950. The Morgan fingerprint density at radius 2 is 1.96 bits per heavy atom. The van der Waals surface area contributed by atoms with Crippen molar-refractivity contribution < 1.29 is 13.6 Å². The summed E-state index contributed by atoms with van der Waals surface area (Å²) in [6, 6.07) is 3.99. The van der Waals surface area contributed by atoms with Crippen LogP contribution < -0.4 is 10.6 Å². The van der Waals surface area contributed by atoms with E-state index in [9.17, 15) is 13.6 Å². The predicted molar refractivity (Wildman–Crippen MR) is 100 cm³/mol. The molecule has 0 spiro atoms. The van der Waals surface area contributed by atoms with Crippen molar-refractivity contribution in [3.63, 3.8) is 0 Å². The Morgan fingerprint density at radius 3 is 2.60 bits per heavy atom. The van der Waals surface area contributed by atoms with Crippen molar-refractivity contribution in [2.75, 3.05) is 26.7 Å². The van der Waals surface area contributed by atoms with Crippen molar-refractivity contribution in [1.29, 1.82) is 0 Å². The Morgan fingerprint density at radius 1 is 1.28 bits per heavy atom. The molecular weight excluding hydrogens is 371 g/mol. The number of carbonyl (C=O) groups excluding carboxylic acids is 1. The number of hydrogen-bond donors (Lipinski definition) is 2. The normalized spacial score (nSPS) is 17.3. The molecule has 0 aliphatic carbocycles. The highest BCUT2D eigenvalue weighted by molar-refractivity contribution is 5.85. The van der Waals surface area contributed by atoms with Crippen LogP contribution in [0.2, 0.25) is 0 Å². The van der Waals surface area contributed by atoms with Gasteiger partial charge in [-0.05, 0) is 51.5 Å². The quantitative estimate of drug-likeness (QED) is 0.695. The Kier molecular flexibility index (Phi) is 11.9. The van der Waals surface area contributed by atoms with Crippen molar-refractivity contribution in [2.45, 2.75) is 38.3 Å². The van der Waals surface area contributed by atoms with Gasteiger partial charge in [0.1, 0.15) is 11.6 Å². The van der Waals surface area contributed by atoms with Gasteiger partial charge in [0.2, 0.25) is 5.91 Å². The number of halogens is 4. The first kappa shape index (κ1) is 24.1. The average Bonchev–Trinajstić information content (AvgIpc) is 2.52. The van der Waals surface area contributed by atoms with Crippen LogP contribution in [-0.2, 0) is 11.3 Å². The molecule has 1 aliphatic heterocycles. The molecule has 25 heavy (non-hydrogen) atoms. The van der Waals surface area contributed by atoms with Gasteiger partial charge in [-0.15, -0.1) is 24.8 Å². The van der Waals surface area contributed by atoms with Crippen LogP contribution in [0.3, 0.4) is 0 Å². The molecule has 0 radical (unpaired) electrons. The molecule has 1 unspecified atom stereocenters. The van der Waals surface area contributed by atoms with Gasteiger partial charge in [0, 0.05) is 31.1 Å². The first-order valence-electron chi connectivity index (χ1n) is 8.19. The monoisotopic (exact) mass is 397 g/mol. The number of piperidine rings is 1. The number of benzene rings is 1. The SMILES string of the molecule is CNCCCC(=O)NC1CCCN(Cc2c(F)cccc2F)C1.Cl.Cl. The standard InChI is InChI=1S/C17H25F2N3O.2ClH/c1-20-9-3-8-17(23)21-13-5-4-10-22(11-13)12-14-15(18)6-2-7-16(14)19;;/h2,6-7,13,20H,3-5,8-12H2,1H3,(H,21,23);2*1H. The summed E-state index contributed by atoms with van der Waals surface area (Å²) in [5, 5.41) is 6.04. The Balaban J connectivity index is 0.00000288. The summed E-state index contributed by atoms with van der Waals surface area (Å²) in [5.41, 5.74) is 0.105. The minimum absolute atomic E-state index is 0. The number of nitrogens with one attached hydrogen (secondary N) is 2. The zero-order valence-electron chi connectivity index (χ0n) is 14.4. The van der Waals surface area contributed by atoms with E-state index in [2.05, 4.69) is 10.6 Å². The molecule has 8 heteroatoms. The third-order valence-corrected chi connectivity index (χ3v) is 4.14. The molecule has 1 atom stereocenters. The molecule has 0 saturated carbocycles. The van der Waals surface area contributed by atoms with Gasteiger partial charge in [0.15, 0.2) is 0 Å². The molecule has 2 N–H and O–H groups in total. The predicted octanol–water partition coefficient (Wildman–Crippen LogP) is 2.89. The van der Waals surface area contributed by atoms with Crippen LogP contribution in [0.25, 0.3) is 0 Å². The minimum Gasteiger partial charge on any atom is -0.352 e. The third kappa shape index (κ3) is 7.86. The first-order chi connectivity index (χ1) is 11.1. The van der Waals surface area contributed by atoms with Crippen molar-refractivity contribution in [2.24, 2.45) is 0 Å². The van der Waals surface area contributed by atoms with Gasteiger partial charge in [-0.25, -0.2) is 8.78 Å². The van der Waals surface area contributed by atoms with Gasteiger partial charge in [0.05, 0.1) is 0 Å². The lowest BCUT2D eigenvalue weighted by Crippen LogP contribution is -2.47. The molecule has 1 aliphatic rings. The second-order valence-corrected chi connectivity index (χ2v) is 6.05. The fourth-order valence-electron chi connectivity index (χ4n) is 2.95. The van der Waals surface area contributed by atoms with Crippen LogP contribution in [-0.4, -0.2) is 43.5 Å². The summed E-state index contributed by atoms with van der Waals surface area (Å²) in [4.78, 5) is 13.9. The first-order valence-corrected chi connectivity index (χ1v) is 8.19. The zero-order valence-corrected chi connectivity index (χ0v) is 16.0. The largest absolute Gasteiger partial charge is 0.352 e. The maximum Gasteiger partial charge on any atom is 0.220 e. The van der Waals surface area contributed by atoms with Gasteiger partial charge in [0.25, 0.3) is 0 Å². The van der Waals surface area contributed by atoms with E-state index >= 15 is 0 Å². The van der Waals surface area contributed by atoms with E-state index in [4.69, 9.17) is 0 Å². The van der Waals surface area contributed by atoms with E-state index in [-0.39, 0.29) is 48.9 Å². The third-order valence-electron chi connectivity index (χ3n) is 4.14. The molecule has 1 heterocycles. The van der Waals surface area contributed by atoms with Gasteiger partial charge in [-0.3, -0.25) is 9.69 Å². The van der Waals surface area contributed by atoms with E-state index in [1.165, 1.54) is 18.2 Å². The lowest BCUT2D eigenvalue weighted by atomic mass is 10.0. The number of nitrogens with zero attached hydrogens (tertiary/aromatic N) is 1. The maximum absolute atomic E-state index is 13.7. The van der Waals surface area contributed by atoms with Crippen LogP contribution in [0.1, 0.15) is 31.2 Å². The fraction of sp³-hybridized carbons (Fsp3) is 0.588. The number of rotatable bonds is 7. The molecule has 1 aromatic rings. The maximum atomic E-state index is 13.7. The van der Waals surface area contributed by atoms with Crippen LogP contribution in [0.15, 0.2) is 18.2 Å². The minimum atomic E-state index is -0.511. The van der Waals surface area contributed by atoms with Gasteiger partial charge < -0.3 is 10.6 Å². The van der Waals surface area contributed by atoms with E-state index in [0.717, 1.165) is 32.4 Å². The van der Waals surface area contributed by atoms with E-state index < -0.39 is 11.6 Å². The smallest absolute Gasteiger partial charge is 0.220 e. The molecule has 1 amide bonds. The summed E-state index contributed by atoms with van der Waals surface area (Å²) in [7, 11) is 1.86. The Bertz CT molecular complexity index is 514. The topological polar surface area (TPSA) is 44.4 Å². The molecule has 1 fully saturated rings. The summed E-state index contributed by atoms with van der Waals surface area (Å²) in [6.45, 7) is 2.48. The van der Waals surface area contributed by atoms with Crippen LogP contribution >= 0.6 is 24.8 Å². The summed E-state index contributed by atoms with van der Waals surface area (Å²) >= 11 is 0. The molecule has 1 aromatic carbocycles. The van der Waals surface area contributed by atoms with Crippen molar-refractivity contribution in [3.8, 4) is 0 Å². The van der Waals surface area contributed by atoms with E-state index in [1.807, 2.05) is 11.9 Å². The number of hydrogen-bond acceptors (Lipinski definition) is 3. The van der Waals surface area contributed by atoms with E-state index in [0.29, 0.717) is 13.0 Å². The van der Waals surface area contributed by atoms with Crippen LogP contribution in [0, 0.1) is 11.6 Å². The molecule has 1 saturated heterocycles. The summed E-state index contributed by atoms with van der Waals surface area (Å²) < 4.78 is 27.5. The zero-order chi connectivity index (χ0) is 16.7. The van der Waals surface area contributed by atoms with Crippen LogP contribution in [0.5, 0.6) is 0 Å². The van der Waals surface area contributed by atoms with E-state index in [1.54, 1.807) is 0 Å². The number of likely N-dealkylation sites (tertiary alicyclic amines) is 1. The molecular formula is C17H27Cl2F2N3O. The highest BCUT2D eigenvalue weighted by Crippen LogP contribution is 2.18. The Labute approximate surface area is 160 Å². The average molecular weight is 398 g/mol. The molecule has 0 aromatic heterocycles. The van der Waals surface area contributed by atoms with Crippen molar-refractivity contribution in [1.82, 2.24) is 15.5 Å². The summed E-state index contributed by atoms with van der Waals surface area (Å²) in [5.74, 6) is -0.976. The van der Waals surface area contributed by atoms with Crippen molar-refractivity contribution in [3.05, 3.63) is 35.4 Å². The van der Waals surface area contributed by atoms with Gasteiger partial charge in [-0.2, -0.15) is 0 Å². The van der Waals surface area contributed by atoms with Gasteiger partial charge in [-0.1, -0.05) is 6.07 Å². The van der Waals surface area contributed by atoms with Gasteiger partial charge >= 0.3 is 0 Å². The summed E-state index contributed by atoms with van der Waals surface area (Å²) in [6.07, 6.45) is 3.13. The number of amides is 1. The molecule has 0 bridgehead atoms. The second-order valence-electron chi connectivity index (χ2n) is 6.05. The number of carbonyl (C=O) groups is 1. The molecule has 144 valence electrons. The highest BCUT2D eigenvalue weighted by atomic mass is 35.5. The molecule has 4 nitrogen and oxygen atoms in total. The second kappa shape index (κ2) is 12.4. The van der Waals surface area contributed by atoms with Crippen molar-refractivity contribution >= 4 is 30.7 Å².